The highest BCUT2D eigenvalue weighted by molar-refractivity contribution is 7.92. The van der Waals surface area contributed by atoms with Gasteiger partial charge in [0.1, 0.15) is 6.61 Å². The highest BCUT2D eigenvalue weighted by atomic mass is 35.5. The molecular formula is C16H15ClN2O4S. The molecule has 0 bridgehead atoms. The van der Waals surface area contributed by atoms with Crippen LogP contribution in [-0.2, 0) is 14.8 Å². The third-order valence-corrected chi connectivity index (χ3v) is 5.52. The molecule has 0 aliphatic carbocycles. The average Bonchev–Trinajstić information content (AvgIpc) is 2.98. The quantitative estimate of drug-likeness (QED) is 0.899. The van der Waals surface area contributed by atoms with Gasteiger partial charge >= 0.3 is 6.09 Å². The zero-order valence-corrected chi connectivity index (χ0v) is 14.4. The van der Waals surface area contributed by atoms with Gasteiger partial charge in [0.25, 0.3) is 10.0 Å². The van der Waals surface area contributed by atoms with Gasteiger partial charge in [0.05, 0.1) is 17.1 Å². The third-order valence-electron chi connectivity index (χ3n) is 3.73. The second-order valence-electron chi connectivity index (χ2n) is 5.28. The summed E-state index contributed by atoms with van der Waals surface area (Å²) >= 11 is 6.01. The standard InChI is InChI=1S/C16H15ClN2O4S/c1-11-14(17)3-2-4-15(11)18-24(21,22)13-7-5-12(6-8-13)19-9-10-23-16(19)20/h2-8,18H,9-10H2,1H3. The van der Waals surface area contributed by atoms with Crippen molar-refractivity contribution >= 4 is 39.1 Å². The van der Waals surface area contributed by atoms with E-state index in [1.807, 2.05) is 0 Å². The summed E-state index contributed by atoms with van der Waals surface area (Å²) in [7, 11) is -3.75. The Hall–Kier alpha value is -2.25. The first-order valence-corrected chi connectivity index (χ1v) is 9.07. The van der Waals surface area contributed by atoms with E-state index >= 15 is 0 Å². The molecule has 8 heteroatoms. The SMILES string of the molecule is Cc1c(Cl)cccc1NS(=O)(=O)c1ccc(N2CCOC2=O)cc1. The van der Waals surface area contributed by atoms with Gasteiger partial charge in [-0.3, -0.25) is 9.62 Å². The average molecular weight is 367 g/mol. The Balaban J connectivity index is 1.85. The van der Waals surface area contributed by atoms with Gasteiger partial charge in [-0.2, -0.15) is 0 Å². The van der Waals surface area contributed by atoms with E-state index in [-0.39, 0.29) is 4.90 Å². The number of sulfonamides is 1. The predicted molar refractivity (Wildman–Crippen MR) is 92.1 cm³/mol. The number of nitrogens with zero attached hydrogens (tertiary/aromatic N) is 1. The number of ether oxygens (including phenoxy) is 1. The van der Waals surface area contributed by atoms with Gasteiger partial charge in [0.2, 0.25) is 0 Å². The number of benzene rings is 2. The minimum absolute atomic E-state index is 0.0955. The van der Waals surface area contributed by atoms with E-state index in [4.69, 9.17) is 16.3 Å². The van der Waals surface area contributed by atoms with Gasteiger partial charge in [0, 0.05) is 10.7 Å². The number of carbonyl (C=O) groups excluding carboxylic acids is 1. The second-order valence-corrected chi connectivity index (χ2v) is 7.37. The Morgan fingerprint density at radius 2 is 1.88 bits per heavy atom. The zero-order chi connectivity index (χ0) is 17.3. The van der Waals surface area contributed by atoms with E-state index in [0.29, 0.717) is 35.1 Å². The summed E-state index contributed by atoms with van der Waals surface area (Å²) in [6, 6.07) is 11.1. The van der Waals surface area contributed by atoms with Crippen LogP contribution in [0.3, 0.4) is 0 Å². The summed E-state index contributed by atoms with van der Waals surface area (Å²) in [6.07, 6.45) is -0.432. The maximum atomic E-state index is 12.5. The van der Waals surface area contributed by atoms with Gasteiger partial charge in [-0.25, -0.2) is 13.2 Å². The molecule has 1 N–H and O–H groups in total. The summed E-state index contributed by atoms with van der Waals surface area (Å²) in [6.45, 7) is 2.52. The van der Waals surface area contributed by atoms with Crippen LogP contribution in [0.2, 0.25) is 5.02 Å². The lowest BCUT2D eigenvalue weighted by Gasteiger charge is -2.14. The Kier molecular flexibility index (Phi) is 4.38. The fourth-order valence-electron chi connectivity index (χ4n) is 2.35. The van der Waals surface area contributed by atoms with Crippen LogP contribution in [0, 0.1) is 6.92 Å². The molecule has 2 aromatic rings. The van der Waals surface area contributed by atoms with Crippen LogP contribution in [0.25, 0.3) is 0 Å². The first-order chi connectivity index (χ1) is 11.4. The smallest absolute Gasteiger partial charge is 0.414 e. The molecule has 6 nitrogen and oxygen atoms in total. The van der Waals surface area contributed by atoms with Crippen LogP contribution in [0.1, 0.15) is 5.56 Å². The molecule has 0 aromatic heterocycles. The molecule has 2 aromatic carbocycles. The lowest BCUT2D eigenvalue weighted by molar-refractivity contribution is 0.181. The van der Waals surface area contributed by atoms with Crippen molar-refractivity contribution in [2.24, 2.45) is 0 Å². The van der Waals surface area contributed by atoms with Crippen molar-refractivity contribution in [2.75, 3.05) is 22.8 Å². The zero-order valence-electron chi connectivity index (χ0n) is 12.8. The maximum absolute atomic E-state index is 12.5. The molecule has 1 fully saturated rings. The molecule has 0 unspecified atom stereocenters. The molecule has 126 valence electrons. The molecule has 1 heterocycles. The number of hydrogen-bond acceptors (Lipinski definition) is 4. The third kappa shape index (κ3) is 3.18. The first kappa shape index (κ1) is 16.6. The molecular weight excluding hydrogens is 352 g/mol. The molecule has 24 heavy (non-hydrogen) atoms. The molecule has 1 saturated heterocycles. The van der Waals surface area contributed by atoms with Crippen molar-refractivity contribution in [3.05, 3.63) is 53.1 Å². The van der Waals surface area contributed by atoms with Crippen LogP contribution < -0.4 is 9.62 Å². The fourth-order valence-corrected chi connectivity index (χ4v) is 3.65. The van der Waals surface area contributed by atoms with Crippen molar-refractivity contribution in [1.29, 1.82) is 0 Å². The van der Waals surface area contributed by atoms with Gasteiger partial charge < -0.3 is 4.74 Å². The predicted octanol–water partition coefficient (Wildman–Crippen LogP) is 3.41. The highest BCUT2D eigenvalue weighted by Crippen LogP contribution is 2.26. The number of carbonyl (C=O) groups is 1. The topological polar surface area (TPSA) is 75.7 Å². The number of nitrogens with one attached hydrogen (secondary N) is 1. The van der Waals surface area contributed by atoms with E-state index in [2.05, 4.69) is 4.72 Å². The molecule has 3 rings (SSSR count). The van der Waals surface area contributed by atoms with Crippen molar-refractivity contribution in [1.82, 2.24) is 0 Å². The number of hydrogen-bond donors (Lipinski definition) is 1. The van der Waals surface area contributed by atoms with Crippen molar-refractivity contribution in [2.45, 2.75) is 11.8 Å². The van der Waals surface area contributed by atoms with Crippen LogP contribution >= 0.6 is 11.6 Å². The van der Waals surface area contributed by atoms with E-state index in [1.165, 1.54) is 17.0 Å². The molecule has 1 aliphatic heterocycles. The summed E-state index contributed by atoms with van der Waals surface area (Å²) in [5.74, 6) is 0. The Morgan fingerprint density at radius 1 is 1.17 bits per heavy atom. The Labute approximate surface area is 145 Å². The summed E-state index contributed by atoms with van der Waals surface area (Å²) in [5.41, 5.74) is 1.67. The number of rotatable bonds is 4. The Morgan fingerprint density at radius 3 is 2.50 bits per heavy atom. The van der Waals surface area contributed by atoms with Gasteiger partial charge in [0.15, 0.2) is 0 Å². The number of amides is 1. The largest absolute Gasteiger partial charge is 0.447 e. The molecule has 1 amide bonds. The van der Waals surface area contributed by atoms with Gasteiger partial charge in [-0.15, -0.1) is 0 Å². The molecule has 0 atom stereocenters. The van der Waals surface area contributed by atoms with Gasteiger partial charge in [-0.05, 0) is 48.9 Å². The van der Waals surface area contributed by atoms with Crippen LogP contribution in [0.5, 0.6) is 0 Å². The van der Waals surface area contributed by atoms with E-state index < -0.39 is 16.1 Å². The first-order valence-electron chi connectivity index (χ1n) is 7.21. The second kappa shape index (κ2) is 6.33. The van der Waals surface area contributed by atoms with Crippen LogP contribution in [0.15, 0.2) is 47.4 Å². The number of halogens is 1. The summed E-state index contributed by atoms with van der Waals surface area (Å²) < 4.78 is 32.4. The molecule has 0 radical (unpaired) electrons. The lowest BCUT2D eigenvalue weighted by Crippen LogP contribution is -2.23. The molecule has 0 saturated carbocycles. The minimum Gasteiger partial charge on any atom is -0.447 e. The molecule has 0 spiro atoms. The fraction of sp³-hybridized carbons (Fsp3) is 0.188. The van der Waals surface area contributed by atoms with Crippen LogP contribution in [0.4, 0.5) is 16.2 Å². The number of cyclic esters (lactones) is 1. The van der Waals surface area contributed by atoms with E-state index in [1.54, 1.807) is 37.3 Å². The monoisotopic (exact) mass is 366 g/mol. The van der Waals surface area contributed by atoms with E-state index in [0.717, 1.165) is 0 Å². The highest BCUT2D eigenvalue weighted by Gasteiger charge is 2.24. The summed E-state index contributed by atoms with van der Waals surface area (Å²) in [5, 5.41) is 0.484. The Bertz CT molecular complexity index is 881. The number of anilines is 2. The normalized spacial score (nSPS) is 14.6. The van der Waals surface area contributed by atoms with Crippen molar-refractivity contribution < 1.29 is 17.9 Å². The maximum Gasteiger partial charge on any atom is 0.414 e. The van der Waals surface area contributed by atoms with Crippen LogP contribution in [-0.4, -0.2) is 27.7 Å². The van der Waals surface area contributed by atoms with Crippen molar-refractivity contribution in [3.8, 4) is 0 Å². The minimum atomic E-state index is -3.75. The summed E-state index contributed by atoms with van der Waals surface area (Å²) in [4.78, 5) is 13.1. The molecule has 1 aliphatic rings. The lowest BCUT2D eigenvalue weighted by atomic mass is 10.2. The van der Waals surface area contributed by atoms with E-state index in [9.17, 15) is 13.2 Å². The van der Waals surface area contributed by atoms with Gasteiger partial charge in [-0.1, -0.05) is 17.7 Å². The van der Waals surface area contributed by atoms with Crippen molar-refractivity contribution in [3.63, 3.8) is 0 Å².